The Bertz CT molecular complexity index is 1260. The molecule has 9 nitrogen and oxygen atoms in total. The van der Waals surface area contributed by atoms with Crippen LogP contribution in [-0.4, -0.2) is 78.5 Å². The number of halogens is 3. The Hall–Kier alpha value is -2.84. The fourth-order valence-electron chi connectivity index (χ4n) is 5.50. The van der Waals surface area contributed by atoms with Gasteiger partial charge in [-0.15, -0.1) is 11.3 Å². The Morgan fingerprint density at radius 2 is 1.90 bits per heavy atom. The van der Waals surface area contributed by atoms with Gasteiger partial charge in [-0.25, -0.2) is 9.97 Å². The van der Waals surface area contributed by atoms with Crippen LogP contribution >= 0.6 is 11.3 Å². The number of para-hydroxylation sites is 1. The summed E-state index contributed by atoms with van der Waals surface area (Å²) >= 11 is 1.55. The number of nitrogens with one attached hydrogen (secondary N) is 4. The molecule has 0 spiro atoms. The molecule has 2 aromatic heterocycles. The van der Waals surface area contributed by atoms with Gasteiger partial charge in [0.2, 0.25) is 5.91 Å². The molecule has 1 aromatic carbocycles. The van der Waals surface area contributed by atoms with Crippen LogP contribution < -0.4 is 26.2 Å². The van der Waals surface area contributed by atoms with E-state index >= 15 is 0 Å². The van der Waals surface area contributed by atoms with Crippen LogP contribution in [0.15, 0.2) is 42.6 Å². The largest absolute Gasteiger partial charge is 0.417 e. The molecule has 5 heterocycles. The number of alkyl halides is 3. The van der Waals surface area contributed by atoms with Crippen molar-refractivity contribution in [1.29, 1.82) is 0 Å². The third-order valence-corrected chi connectivity index (χ3v) is 8.72. The van der Waals surface area contributed by atoms with Gasteiger partial charge in [0.1, 0.15) is 23.0 Å². The van der Waals surface area contributed by atoms with Crippen molar-refractivity contribution >= 4 is 33.3 Å². The van der Waals surface area contributed by atoms with Crippen molar-refractivity contribution in [2.45, 2.75) is 43.4 Å². The molecule has 0 aliphatic carbocycles. The maximum absolute atomic E-state index is 13.6. The fourth-order valence-corrected chi connectivity index (χ4v) is 6.60. The van der Waals surface area contributed by atoms with E-state index < -0.39 is 17.7 Å². The van der Waals surface area contributed by atoms with E-state index in [1.807, 2.05) is 29.2 Å². The van der Waals surface area contributed by atoms with Crippen LogP contribution in [0, 0.1) is 0 Å². The van der Waals surface area contributed by atoms with Crippen molar-refractivity contribution in [3.63, 3.8) is 0 Å². The molecule has 4 atom stereocenters. The molecule has 39 heavy (non-hydrogen) atoms. The maximum atomic E-state index is 13.6. The number of amides is 1. The molecule has 0 radical (unpaired) electrons. The Kier molecular flexibility index (Phi) is 7.42. The average Bonchev–Trinajstić information content (AvgIpc) is 3.37. The first-order chi connectivity index (χ1) is 18.8. The van der Waals surface area contributed by atoms with Gasteiger partial charge in [-0.2, -0.15) is 13.2 Å². The molecule has 1 amide bonds. The van der Waals surface area contributed by atoms with Crippen molar-refractivity contribution in [1.82, 2.24) is 36.1 Å². The third kappa shape index (κ3) is 5.73. The average molecular weight is 561 g/mol. The maximum Gasteiger partial charge on any atom is 0.417 e. The Balaban J connectivity index is 1.15. The minimum atomic E-state index is -4.41. The molecule has 6 rings (SSSR count). The van der Waals surface area contributed by atoms with E-state index in [2.05, 4.69) is 31.2 Å². The highest BCUT2D eigenvalue weighted by Gasteiger charge is 2.42. The van der Waals surface area contributed by atoms with Crippen LogP contribution in [0.5, 0.6) is 0 Å². The zero-order chi connectivity index (χ0) is 27.0. The number of nitrogens with zero attached hydrogens (tertiary/aromatic N) is 4. The number of hydrogen-bond acceptors (Lipinski definition) is 9. The predicted octanol–water partition coefficient (Wildman–Crippen LogP) is 2.29. The zero-order valence-electron chi connectivity index (χ0n) is 21.2. The number of pyridine rings is 1. The van der Waals surface area contributed by atoms with E-state index in [0.717, 1.165) is 53.4 Å². The number of fused-ring (bicyclic) bond motifs is 1. The van der Waals surface area contributed by atoms with Crippen LogP contribution in [0.3, 0.4) is 0 Å². The summed E-state index contributed by atoms with van der Waals surface area (Å²) in [5.41, 5.74) is 0.131. The monoisotopic (exact) mass is 560 g/mol. The van der Waals surface area contributed by atoms with Crippen molar-refractivity contribution in [3.8, 4) is 0 Å². The van der Waals surface area contributed by atoms with Gasteiger partial charge in [-0.3, -0.25) is 20.3 Å². The van der Waals surface area contributed by atoms with Crippen LogP contribution in [0.2, 0.25) is 0 Å². The summed E-state index contributed by atoms with van der Waals surface area (Å²) in [7, 11) is 0. The van der Waals surface area contributed by atoms with E-state index in [9.17, 15) is 18.0 Å². The number of aromatic nitrogens is 2. The Morgan fingerprint density at radius 3 is 2.59 bits per heavy atom. The number of anilines is 1. The van der Waals surface area contributed by atoms with Gasteiger partial charge in [-0.1, -0.05) is 12.1 Å². The minimum Gasteiger partial charge on any atom is -0.354 e. The molecular formula is C26H31F3N8OS. The number of hydrogen-bond donors (Lipinski definition) is 4. The lowest BCUT2D eigenvalue weighted by molar-refractivity contribution is -0.137. The summed E-state index contributed by atoms with van der Waals surface area (Å²) in [5.74, 6) is -0.0346. The van der Waals surface area contributed by atoms with Crippen molar-refractivity contribution in [2.75, 3.05) is 44.2 Å². The molecular weight excluding hydrogens is 529 g/mol. The first-order valence-electron chi connectivity index (χ1n) is 13.3. The highest BCUT2D eigenvalue weighted by Crippen LogP contribution is 2.32. The lowest BCUT2D eigenvalue weighted by atomic mass is 10.00. The van der Waals surface area contributed by atoms with Crippen molar-refractivity contribution in [3.05, 3.63) is 53.2 Å². The summed E-state index contributed by atoms with van der Waals surface area (Å²) in [6, 6.07) is 10.6. The van der Waals surface area contributed by atoms with Crippen LogP contribution in [0.4, 0.5) is 19.0 Å². The summed E-state index contributed by atoms with van der Waals surface area (Å²) < 4.78 is 39.8. The molecule has 4 N–H and O–H groups in total. The molecule has 3 unspecified atom stereocenters. The highest BCUT2D eigenvalue weighted by atomic mass is 32.1. The molecule has 3 aliphatic rings. The lowest BCUT2D eigenvalue weighted by Crippen LogP contribution is -2.72. The number of carbonyl (C=O) groups is 1. The summed E-state index contributed by atoms with van der Waals surface area (Å²) in [4.78, 5) is 26.6. The van der Waals surface area contributed by atoms with Crippen molar-refractivity contribution in [2.24, 2.45) is 0 Å². The van der Waals surface area contributed by atoms with E-state index in [0.29, 0.717) is 32.0 Å². The van der Waals surface area contributed by atoms with Crippen LogP contribution in [0.1, 0.15) is 29.3 Å². The normalized spacial score (nSPS) is 27.1. The van der Waals surface area contributed by atoms with Gasteiger partial charge in [-0.05, 0) is 43.7 Å². The number of carbonyl (C=O) groups excluding carboxylic acids is 1. The Labute approximate surface area is 228 Å². The highest BCUT2D eigenvalue weighted by molar-refractivity contribution is 7.18. The second-order valence-corrected chi connectivity index (χ2v) is 11.3. The molecule has 0 saturated carbocycles. The standard InChI is InChI=1S/C26H31F3N8OS/c27-26(28,29)16-7-8-20(31-14-16)36-10-12-37(13-11-36)25-34-22(32-17-4-3-9-30-15-17)21(23(38)35-25)24-33-18-5-1-2-6-19(18)39-24/h1-2,5-8,14,17,21-22,25,30,32,34H,3-4,9-13,15H2,(H,35,38)/t17-,21?,22?,25?/m1/s1. The summed E-state index contributed by atoms with van der Waals surface area (Å²) in [6.07, 6.45) is -2.10. The molecule has 3 fully saturated rings. The van der Waals surface area contributed by atoms with Crippen LogP contribution in [-0.2, 0) is 11.0 Å². The fraction of sp³-hybridized carbons (Fsp3) is 0.500. The molecule has 208 valence electrons. The van der Waals surface area contributed by atoms with Gasteiger partial charge in [0, 0.05) is 45.0 Å². The number of thiazole rings is 1. The third-order valence-electron chi connectivity index (χ3n) is 7.60. The first kappa shape index (κ1) is 26.4. The van der Waals surface area contributed by atoms with Gasteiger partial charge in [0.15, 0.2) is 0 Å². The van der Waals surface area contributed by atoms with Gasteiger partial charge >= 0.3 is 6.18 Å². The van der Waals surface area contributed by atoms with Gasteiger partial charge in [0.25, 0.3) is 0 Å². The minimum absolute atomic E-state index is 0.0779. The number of piperidine rings is 1. The summed E-state index contributed by atoms with van der Waals surface area (Å²) in [5, 5.41) is 14.7. The SMILES string of the molecule is O=C1NC(N2CCN(c3ccc(C(F)(F)F)cn3)CC2)NC(N[C@@H]2CCCNC2)C1c1nc2ccccc2s1. The second-order valence-electron chi connectivity index (χ2n) is 10.2. The molecule has 13 heteroatoms. The van der Waals surface area contributed by atoms with Gasteiger partial charge in [0.05, 0.1) is 21.9 Å². The second kappa shape index (κ2) is 11.0. The molecule has 3 aliphatic heterocycles. The smallest absolute Gasteiger partial charge is 0.354 e. The van der Waals surface area contributed by atoms with E-state index in [4.69, 9.17) is 4.98 Å². The Morgan fingerprint density at radius 1 is 1.08 bits per heavy atom. The quantitative estimate of drug-likeness (QED) is 0.378. The van der Waals surface area contributed by atoms with Crippen molar-refractivity contribution < 1.29 is 18.0 Å². The van der Waals surface area contributed by atoms with Gasteiger partial charge < -0.3 is 15.5 Å². The van der Waals surface area contributed by atoms with E-state index in [1.165, 1.54) is 6.07 Å². The predicted molar refractivity (Wildman–Crippen MR) is 143 cm³/mol. The first-order valence-corrected chi connectivity index (χ1v) is 14.1. The topological polar surface area (TPSA) is 97.5 Å². The number of rotatable bonds is 5. The molecule has 3 aromatic rings. The lowest BCUT2D eigenvalue weighted by Gasteiger charge is -2.46. The van der Waals surface area contributed by atoms with E-state index in [1.54, 1.807) is 11.3 Å². The molecule has 3 saturated heterocycles. The van der Waals surface area contributed by atoms with Crippen LogP contribution in [0.25, 0.3) is 10.2 Å². The summed E-state index contributed by atoms with van der Waals surface area (Å²) in [6.45, 7) is 4.24. The number of benzene rings is 1. The number of piperazine rings is 1. The zero-order valence-corrected chi connectivity index (χ0v) is 22.1. The van der Waals surface area contributed by atoms with E-state index in [-0.39, 0.29) is 24.4 Å². The molecule has 0 bridgehead atoms.